The van der Waals surface area contributed by atoms with Crippen molar-refractivity contribution in [3.05, 3.63) is 40.5 Å². The molecule has 0 bridgehead atoms. The average molecular weight is 246 g/mol. The Hall–Kier alpha value is -0.250. The topological polar surface area (TPSA) is 0 Å². The molecule has 0 N–H and O–H groups in total. The number of allylic oxidation sites excluding steroid dienone is 1. The summed E-state index contributed by atoms with van der Waals surface area (Å²) in [5, 5.41) is 0. The first-order valence-electron chi connectivity index (χ1n) is 3.17. The molecule has 1 heteroatoms. The van der Waals surface area contributed by atoms with Crippen LogP contribution in [0.25, 0.3) is 0 Å². The molecule has 0 aromatic heterocycles. The van der Waals surface area contributed by atoms with Gasteiger partial charge in [0.15, 0.2) is 0 Å². The maximum absolute atomic E-state index is 3.91. The third-order valence-electron chi connectivity index (χ3n) is 1.04. The van der Waals surface area contributed by atoms with E-state index in [1.54, 1.807) is 0 Å². The number of benzene rings is 1. The van der Waals surface area contributed by atoms with Crippen LogP contribution in [-0.2, 0) is 0 Å². The zero-order valence-corrected chi connectivity index (χ0v) is 8.33. The number of hydrogen-bond acceptors (Lipinski definition) is 0. The molecule has 10 heavy (non-hydrogen) atoms. The molecule has 0 fully saturated rings. The minimum atomic E-state index is -0.0961. The van der Waals surface area contributed by atoms with Crippen molar-refractivity contribution in [2.75, 3.05) is 0 Å². The maximum atomic E-state index is 3.91. The van der Waals surface area contributed by atoms with Crippen molar-refractivity contribution < 1.29 is 0 Å². The molecule has 0 aliphatic heterocycles. The Morgan fingerprint density at radius 2 is 1.90 bits per heavy atom. The van der Waals surface area contributed by atoms with E-state index in [0.717, 1.165) is 0 Å². The molecular formula is C9H10Te. The third-order valence-corrected chi connectivity index (χ3v) is 3.48. The van der Waals surface area contributed by atoms with Crippen LogP contribution in [0.5, 0.6) is 0 Å². The van der Waals surface area contributed by atoms with E-state index in [-0.39, 0.29) is 20.9 Å². The molecule has 0 unspecified atom stereocenters. The molecule has 0 radical (unpaired) electrons. The van der Waals surface area contributed by atoms with Crippen LogP contribution < -0.4 is 3.61 Å². The molecular weight excluding hydrogens is 236 g/mol. The summed E-state index contributed by atoms with van der Waals surface area (Å²) in [5.74, 6) is 0. The van der Waals surface area contributed by atoms with Crippen molar-refractivity contribution in [3.63, 3.8) is 0 Å². The van der Waals surface area contributed by atoms with Gasteiger partial charge in [0, 0.05) is 0 Å². The molecule has 0 nitrogen and oxygen atoms in total. The second kappa shape index (κ2) is 3.81. The molecule has 1 rings (SSSR count). The van der Waals surface area contributed by atoms with E-state index in [2.05, 4.69) is 43.8 Å². The zero-order valence-electron chi connectivity index (χ0n) is 6.00. The predicted molar refractivity (Wildman–Crippen MR) is 46.6 cm³/mol. The third kappa shape index (κ3) is 2.56. The molecule has 1 aromatic rings. The van der Waals surface area contributed by atoms with Crippen molar-refractivity contribution in [1.29, 1.82) is 0 Å². The van der Waals surface area contributed by atoms with Crippen LogP contribution >= 0.6 is 0 Å². The van der Waals surface area contributed by atoms with E-state index in [0.29, 0.717) is 0 Å². The molecule has 0 spiro atoms. The number of hydrogen-bond donors (Lipinski definition) is 0. The molecule has 0 aliphatic rings. The predicted octanol–water partition coefficient (Wildman–Crippen LogP) is 1.55. The first-order chi connectivity index (χ1) is 4.79. The van der Waals surface area contributed by atoms with Crippen molar-refractivity contribution in [2.24, 2.45) is 0 Å². The molecule has 0 saturated heterocycles. The Morgan fingerprint density at radius 1 is 1.30 bits per heavy atom. The standard InChI is InChI=1S/C9H10Te/c1-8(2)10-9-6-4-3-5-7-9/h3-7H,1H2,2H3. The van der Waals surface area contributed by atoms with Gasteiger partial charge in [0.05, 0.1) is 0 Å². The zero-order chi connectivity index (χ0) is 7.40. The minimum absolute atomic E-state index is 0.0961. The summed E-state index contributed by atoms with van der Waals surface area (Å²) < 4.78 is 2.82. The van der Waals surface area contributed by atoms with Crippen LogP contribution in [0, 0.1) is 0 Å². The second-order valence-corrected chi connectivity index (χ2v) is 6.03. The molecule has 0 atom stereocenters. The van der Waals surface area contributed by atoms with Crippen LogP contribution in [0.15, 0.2) is 40.5 Å². The van der Waals surface area contributed by atoms with Gasteiger partial charge in [0.25, 0.3) is 0 Å². The summed E-state index contributed by atoms with van der Waals surface area (Å²) in [6.45, 7) is 6.01. The van der Waals surface area contributed by atoms with Gasteiger partial charge in [-0.25, -0.2) is 0 Å². The summed E-state index contributed by atoms with van der Waals surface area (Å²) in [7, 11) is 0. The molecule has 0 amide bonds. The summed E-state index contributed by atoms with van der Waals surface area (Å²) in [6.07, 6.45) is 0. The summed E-state index contributed by atoms with van der Waals surface area (Å²) in [5.41, 5.74) is 0. The van der Waals surface area contributed by atoms with Crippen molar-refractivity contribution in [3.8, 4) is 0 Å². The Bertz CT molecular complexity index is 213. The van der Waals surface area contributed by atoms with E-state index in [9.17, 15) is 0 Å². The molecule has 0 heterocycles. The normalized spacial score (nSPS) is 9.30. The summed E-state index contributed by atoms with van der Waals surface area (Å²) >= 11 is -0.0961. The summed E-state index contributed by atoms with van der Waals surface area (Å²) in [6, 6.07) is 10.6. The number of rotatable bonds is 2. The fraction of sp³-hybridized carbons (Fsp3) is 0.111. The van der Waals surface area contributed by atoms with E-state index >= 15 is 0 Å². The van der Waals surface area contributed by atoms with E-state index < -0.39 is 0 Å². The van der Waals surface area contributed by atoms with Crippen LogP contribution in [0.3, 0.4) is 0 Å². The van der Waals surface area contributed by atoms with Gasteiger partial charge in [-0.15, -0.1) is 0 Å². The van der Waals surface area contributed by atoms with Crippen LogP contribution in [0.4, 0.5) is 0 Å². The van der Waals surface area contributed by atoms with Gasteiger partial charge < -0.3 is 0 Å². The van der Waals surface area contributed by atoms with Crippen LogP contribution in [-0.4, -0.2) is 20.9 Å². The fourth-order valence-electron chi connectivity index (χ4n) is 0.690. The van der Waals surface area contributed by atoms with Crippen LogP contribution in [0.2, 0.25) is 0 Å². The molecule has 52 valence electrons. The van der Waals surface area contributed by atoms with Gasteiger partial charge in [-0.1, -0.05) is 0 Å². The molecule has 0 aliphatic carbocycles. The van der Waals surface area contributed by atoms with Gasteiger partial charge in [0.1, 0.15) is 0 Å². The van der Waals surface area contributed by atoms with Gasteiger partial charge in [-0.05, 0) is 0 Å². The fourth-order valence-corrected chi connectivity index (χ4v) is 2.67. The molecule has 0 saturated carbocycles. The Labute approximate surface area is 72.0 Å². The first kappa shape index (κ1) is 7.85. The van der Waals surface area contributed by atoms with Crippen molar-refractivity contribution >= 4 is 24.5 Å². The van der Waals surface area contributed by atoms with Crippen molar-refractivity contribution in [2.45, 2.75) is 6.92 Å². The van der Waals surface area contributed by atoms with Gasteiger partial charge in [-0.3, -0.25) is 0 Å². The average Bonchev–Trinajstić information content (AvgIpc) is 1.88. The van der Waals surface area contributed by atoms with Gasteiger partial charge in [-0.2, -0.15) is 0 Å². The van der Waals surface area contributed by atoms with Gasteiger partial charge in [0.2, 0.25) is 0 Å². The van der Waals surface area contributed by atoms with Crippen LogP contribution in [0.1, 0.15) is 6.92 Å². The Balaban J connectivity index is 2.67. The quantitative estimate of drug-likeness (QED) is 0.694. The van der Waals surface area contributed by atoms with E-state index in [4.69, 9.17) is 0 Å². The first-order valence-corrected chi connectivity index (χ1v) is 5.50. The summed E-state index contributed by atoms with van der Waals surface area (Å²) in [4.78, 5) is 0. The van der Waals surface area contributed by atoms with E-state index in [1.165, 1.54) is 7.23 Å². The Kier molecular flexibility index (Phi) is 2.99. The second-order valence-electron chi connectivity index (χ2n) is 2.12. The van der Waals surface area contributed by atoms with E-state index in [1.807, 2.05) is 0 Å². The van der Waals surface area contributed by atoms with Gasteiger partial charge >= 0.3 is 72.0 Å². The monoisotopic (exact) mass is 248 g/mol. The molecule has 1 aromatic carbocycles. The SMILES string of the molecule is C=C(C)[Te]c1ccccc1. The Morgan fingerprint density at radius 3 is 2.40 bits per heavy atom. The van der Waals surface area contributed by atoms with Crippen molar-refractivity contribution in [1.82, 2.24) is 0 Å².